The molecule has 6 heteroatoms. The number of carbonyl (C=O) groups excluding carboxylic acids is 1. The van der Waals surface area contributed by atoms with Crippen LogP contribution in [0, 0.1) is 6.92 Å². The Morgan fingerprint density at radius 1 is 1.12 bits per heavy atom. The summed E-state index contributed by atoms with van der Waals surface area (Å²) in [7, 11) is 0. The van der Waals surface area contributed by atoms with E-state index in [4.69, 9.17) is 5.73 Å². The maximum Gasteiger partial charge on any atom is 0.271 e. The molecule has 0 aliphatic heterocycles. The zero-order valence-electron chi connectivity index (χ0n) is 13.7. The van der Waals surface area contributed by atoms with Crippen molar-refractivity contribution in [3.8, 4) is 11.3 Å². The fourth-order valence-corrected chi connectivity index (χ4v) is 2.98. The number of aromatic nitrogens is 4. The molecule has 2 heterocycles. The number of benzene rings is 2. The van der Waals surface area contributed by atoms with Gasteiger partial charge in [-0.25, -0.2) is 0 Å². The molecule has 2 aromatic carbocycles. The van der Waals surface area contributed by atoms with Gasteiger partial charge in [-0.15, -0.1) is 0 Å². The fraction of sp³-hybridized carbons (Fsp3) is 0.105. The molecule has 6 nitrogen and oxygen atoms in total. The molecule has 0 atom stereocenters. The van der Waals surface area contributed by atoms with Gasteiger partial charge in [0.05, 0.1) is 0 Å². The van der Waals surface area contributed by atoms with E-state index in [1.54, 1.807) is 0 Å². The standard InChI is InChI=1S/C19H17N5O/c1-12-2-4-13(5-3-12)11-24-9-8-14-10-15(6-7-16(14)24)17-18(19(20)25)22-23-21-17/h2-10H,11H2,1H3,(H2,20,25)(H,21,22,23). The summed E-state index contributed by atoms with van der Waals surface area (Å²) in [5.74, 6) is -0.596. The highest BCUT2D eigenvalue weighted by molar-refractivity contribution is 5.97. The van der Waals surface area contributed by atoms with Gasteiger partial charge in [0.25, 0.3) is 5.91 Å². The second kappa shape index (κ2) is 5.90. The lowest BCUT2D eigenvalue weighted by Crippen LogP contribution is -2.12. The van der Waals surface area contributed by atoms with Crippen LogP contribution in [0.25, 0.3) is 22.2 Å². The van der Waals surface area contributed by atoms with Crippen LogP contribution in [-0.2, 0) is 6.54 Å². The van der Waals surface area contributed by atoms with Crippen LogP contribution in [0.15, 0.2) is 54.7 Å². The first kappa shape index (κ1) is 15.1. The van der Waals surface area contributed by atoms with Gasteiger partial charge in [0.2, 0.25) is 0 Å². The van der Waals surface area contributed by atoms with E-state index in [0.717, 1.165) is 23.0 Å². The quantitative estimate of drug-likeness (QED) is 0.602. The second-order valence-electron chi connectivity index (χ2n) is 6.09. The van der Waals surface area contributed by atoms with Crippen molar-refractivity contribution in [3.05, 3.63) is 71.5 Å². The zero-order valence-corrected chi connectivity index (χ0v) is 13.7. The van der Waals surface area contributed by atoms with Crippen molar-refractivity contribution in [1.29, 1.82) is 0 Å². The van der Waals surface area contributed by atoms with E-state index >= 15 is 0 Å². The Bertz CT molecular complexity index is 1060. The third kappa shape index (κ3) is 2.78. The molecule has 4 rings (SSSR count). The summed E-state index contributed by atoms with van der Waals surface area (Å²) in [6.07, 6.45) is 2.06. The van der Waals surface area contributed by atoms with Crippen molar-refractivity contribution in [2.75, 3.05) is 0 Å². The molecule has 1 amide bonds. The molecule has 0 aliphatic rings. The van der Waals surface area contributed by atoms with Crippen LogP contribution in [0.4, 0.5) is 0 Å². The van der Waals surface area contributed by atoms with E-state index < -0.39 is 5.91 Å². The second-order valence-corrected chi connectivity index (χ2v) is 6.09. The maximum absolute atomic E-state index is 11.4. The molecular weight excluding hydrogens is 314 g/mol. The highest BCUT2D eigenvalue weighted by atomic mass is 16.1. The molecule has 0 unspecified atom stereocenters. The number of aryl methyl sites for hydroxylation is 1. The smallest absolute Gasteiger partial charge is 0.271 e. The molecule has 124 valence electrons. The van der Waals surface area contributed by atoms with Gasteiger partial charge in [0.1, 0.15) is 5.69 Å². The number of hydrogen-bond donors (Lipinski definition) is 2. The zero-order chi connectivity index (χ0) is 17.4. The number of H-pyrrole nitrogens is 1. The molecule has 0 fully saturated rings. The van der Waals surface area contributed by atoms with Gasteiger partial charge < -0.3 is 10.3 Å². The summed E-state index contributed by atoms with van der Waals surface area (Å²) in [6.45, 7) is 2.89. The van der Waals surface area contributed by atoms with Crippen molar-refractivity contribution in [1.82, 2.24) is 20.0 Å². The summed E-state index contributed by atoms with van der Waals surface area (Å²) in [4.78, 5) is 11.4. The number of rotatable bonds is 4. The number of carbonyl (C=O) groups is 1. The first-order valence-corrected chi connectivity index (χ1v) is 7.97. The van der Waals surface area contributed by atoms with E-state index in [1.165, 1.54) is 11.1 Å². The van der Waals surface area contributed by atoms with Crippen molar-refractivity contribution in [2.24, 2.45) is 5.73 Å². The Kier molecular flexibility index (Phi) is 3.57. The third-order valence-corrected chi connectivity index (χ3v) is 4.30. The summed E-state index contributed by atoms with van der Waals surface area (Å²) < 4.78 is 2.20. The minimum atomic E-state index is -0.596. The van der Waals surface area contributed by atoms with Crippen molar-refractivity contribution < 1.29 is 4.79 Å². The molecule has 3 N–H and O–H groups in total. The molecule has 2 aromatic heterocycles. The van der Waals surface area contributed by atoms with E-state index in [-0.39, 0.29) is 5.69 Å². The van der Waals surface area contributed by atoms with Crippen LogP contribution < -0.4 is 5.73 Å². The Morgan fingerprint density at radius 2 is 1.92 bits per heavy atom. The predicted molar refractivity (Wildman–Crippen MR) is 96.1 cm³/mol. The van der Waals surface area contributed by atoms with E-state index in [0.29, 0.717) is 5.69 Å². The van der Waals surface area contributed by atoms with Crippen LogP contribution in [0.1, 0.15) is 21.6 Å². The van der Waals surface area contributed by atoms with Crippen LogP contribution >= 0.6 is 0 Å². The number of nitrogens with one attached hydrogen (secondary N) is 1. The maximum atomic E-state index is 11.4. The SMILES string of the molecule is Cc1ccc(Cn2ccc3cc(-c4n[nH]nc4C(N)=O)ccc32)cc1. The predicted octanol–water partition coefficient (Wildman–Crippen LogP) is 2.88. The topological polar surface area (TPSA) is 89.6 Å². The molecule has 0 radical (unpaired) electrons. The van der Waals surface area contributed by atoms with Crippen LogP contribution in [-0.4, -0.2) is 25.9 Å². The van der Waals surface area contributed by atoms with Gasteiger partial charge in [-0.05, 0) is 30.7 Å². The van der Waals surface area contributed by atoms with Crippen molar-refractivity contribution in [3.63, 3.8) is 0 Å². The summed E-state index contributed by atoms with van der Waals surface area (Å²) in [5, 5.41) is 11.4. The molecule has 0 bridgehead atoms. The number of amides is 1. The van der Waals surface area contributed by atoms with Crippen molar-refractivity contribution >= 4 is 16.8 Å². The average Bonchev–Trinajstić information content (AvgIpc) is 3.24. The van der Waals surface area contributed by atoms with E-state index in [9.17, 15) is 4.79 Å². The summed E-state index contributed by atoms with van der Waals surface area (Å²) in [5.41, 5.74) is 10.4. The highest BCUT2D eigenvalue weighted by Gasteiger charge is 2.15. The lowest BCUT2D eigenvalue weighted by Gasteiger charge is -2.07. The molecule has 4 aromatic rings. The lowest BCUT2D eigenvalue weighted by atomic mass is 10.1. The first-order chi connectivity index (χ1) is 12.1. The molecule has 0 saturated carbocycles. The minimum absolute atomic E-state index is 0.151. The van der Waals surface area contributed by atoms with Gasteiger partial charge in [-0.3, -0.25) is 4.79 Å². The summed E-state index contributed by atoms with van der Waals surface area (Å²) in [6, 6.07) is 16.5. The third-order valence-electron chi connectivity index (χ3n) is 4.30. The fourth-order valence-electron chi connectivity index (χ4n) is 2.98. The largest absolute Gasteiger partial charge is 0.364 e. The van der Waals surface area contributed by atoms with Gasteiger partial charge in [0, 0.05) is 29.2 Å². The molecule has 0 saturated heterocycles. The van der Waals surface area contributed by atoms with Gasteiger partial charge >= 0.3 is 0 Å². The van der Waals surface area contributed by atoms with Crippen LogP contribution in [0.3, 0.4) is 0 Å². The lowest BCUT2D eigenvalue weighted by molar-refractivity contribution is 0.0996. The van der Waals surface area contributed by atoms with E-state index in [1.807, 2.05) is 18.2 Å². The average molecular weight is 331 g/mol. The normalized spacial score (nSPS) is 11.1. The number of fused-ring (bicyclic) bond motifs is 1. The van der Waals surface area contributed by atoms with Crippen LogP contribution in [0.2, 0.25) is 0 Å². The Labute approximate surface area is 144 Å². The highest BCUT2D eigenvalue weighted by Crippen LogP contribution is 2.26. The number of aromatic amines is 1. The number of nitrogens with two attached hydrogens (primary N) is 1. The molecule has 25 heavy (non-hydrogen) atoms. The Morgan fingerprint density at radius 3 is 2.68 bits per heavy atom. The molecule has 0 spiro atoms. The van der Waals surface area contributed by atoms with Crippen LogP contribution in [0.5, 0.6) is 0 Å². The van der Waals surface area contributed by atoms with Gasteiger partial charge in [-0.1, -0.05) is 35.9 Å². The summed E-state index contributed by atoms with van der Waals surface area (Å²) >= 11 is 0. The van der Waals surface area contributed by atoms with Crippen molar-refractivity contribution in [2.45, 2.75) is 13.5 Å². The Hall–Kier alpha value is -3.41. The number of hydrogen-bond acceptors (Lipinski definition) is 3. The van der Waals surface area contributed by atoms with Gasteiger partial charge in [-0.2, -0.15) is 15.4 Å². The minimum Gasteiger partial charge on any atom is -0.364 e. The monoisotopic (exact) mass is 331 g/mol. The first-order valence-electron chi connectivity index (χ1n) is 7.97. The number of primary amides is 1. The Balaban J connectivity index is 1.70. The molecule has 0 aliphatic carbocycles. The molecular formula is C19H17N5O. The van der Waals surface area contributed by atoms with E-state index in [2.05, 4.69) is 63.4 Å². The number of nitrogens with zero attached hydrogens (tertiary/aromatic N) is 3. The van der Waals surface area contributed by atoms with Gasteiger partial charge in [0.15, 0.2) is 5.69 Å².